The number of aromatic nitrogens is 2. The monoisotopic (exact) mass is 253 g/mol. The van der Waals surface area contributed by atoms with Gasteiger partial charge in [-0.15, -0.1) is 0 Å². The third kappa shape index (κ3) is 3.87. The van der Waals surface area contributed by atoms with Gasteiger partial charge in [0, 0.05) is 12.7 Å². The van der Waals surface area contributed by atoms with Crippen LogP contribution in [0.3, 0.4) is 0 Å². The Morgan fingerprint density at radius 1 is 1.61 bits per heavy atom. The number of nitrogens with zero attached hydrogens (tertiary/aromatic N) is 2. The molecule has 100 valence electrons. The van der Waals surface area contributed by atoms with Gasteiger partial charge in [-0.05, 0) is 33.8 Å². The summed E-state index contributed by atoms with van der Waals surface area (Å²) in [5.41, 5.74) is 0.0426. The van der Waals surface area contributed by atoms with Gasteiger partial charge in [-0.1, -0.05) is 0 Å². The van der Waals surface area contributed by atoms with Crippen LogP contribution in [0.1, 0.15) is 39.4 Å². The van der Waals surface area contributed by atoms with Crippen LogP contribution in [0.15, 0.2) is 12.3 Å². The Kier molecular flexibility index (Phi) is 4.47. The minimum Gasteiger partial charge on any atom is -0.444 e. The number of carbonyl (C=O) groups is 2. The Bertz CT molecular complexity index is 420. The lowest BCUT2D eigenvalue weighted by Crippen LogP contribution is -2.36. The van der Waals surface area contributed by atoms with Crippen LogP contribution >= 0.6 is 0 Å². The number of nitrogens with one attached hydrogen (secondary N) is 1. The molecule has 0 fully saturated rings. The van der Waals surface area contributed by atoms with Crippen LogP contribution in [0.4, 0.5) is 4.79 Å². The first-order chi connectivity index (χ1) is 8.37. The summed E-state index contributed by atoms with van der Waals surface area (Å²) >= 11 is 0. The van der Waals surface area contributed by atoms with E-state index in [1.165, 1.54) is 0 Å². The lowest BCUT2D eigenvalue weighted by Gasteiger charge is -2.21. The minimum absolute atomic E-state index is 0.595. The molecule has 1 atom stereocenters. The van der Waals surface area contributed by atoms with E-state index in [4.69, 9.17) is 4.74 Å². The number of hydrogen-bond donors (Lipinski definition) is 1. The molecular weight excluding hydrogens is 234 g/mol. The van der Waals surface area contributed by atoms with E-state index >= 15 is 0 Å². The molecule has 18 heavy (non-hydrogen) atoms. The fourth-order valence-electron chi connectivity index (χ4n) is 1.48. The van der Waals surface area contributed by atoms with Crippen molar-refractivity contribution in [2.24, 2.45) is 0 Å². The van der Waals surface area contributed by atoms with Crippen LogP contribution in [-0.4, -0.2) is 27.8 Å². The van der Waals surface area contributed by atoms with Crippen LogP contribution in [0, 0.1) is 0 Å². The van der Waals surface area contributed by atoms with Gasteiger partial charge in [0.15, 0.2) is 0 Å². The highest BCUT2D eigenvalue weighted by Crippen LogP contribution is 2.12. The van der Waals surface area contributed by atoms with Gasteiger partial charge < -0.3 is 14.8 Å². The van der Waals surface area contributed by atoms with Crippen LogP contribution in [0.5, 0.6) is 0 Å². The Hall–Kier alpha value is -1.85. The van der Waals surface area contributed by atoms with Gasteiger partial charge in [0.1, 0.15) is 17.9 Å². The smallest absolute Gasteiger partial charge is 0.408 e. The van der Waals surface area contributed by atoms with Crippen LogP contribution < -0.4 is 5.32 Å². The van der Waals surface area contributed by atoms with Crippen molar-refractivity contribution in [2.45, 2.75) is 45.9 Å². The first-order valence-corrected chi connectivity index (χ1v) is 5.84. The lowest BCUT2D eigenvalue weighted by atomic mass is 10.2. The predicted molar refractivity (Wildman–Crippen MR) is 66.1 cm³/mol. The van der Waals surface area contributed by atoms with Gasteiger partial charge in [-0.3, -0.25) is 4.68 Å². The average molecular weight is 253 g/mol. The summed E-state index contributed by atoms with van der Waals surface area (Å²) in [5.74, 6) is 0. The van der Waals surface area contributed by atoms with Gasteiger partial charge in [0.05, 0.1) is 5.69 Å². The summed E-state index contributed by atoms with van der Waals surface area (Å²) in [7, 11) is 0. The van der Waals surface area contributed by atoms with Crippen LogP contribution in [0.25, 0.3) is 0 Å². The van der Waals surface area contributed by atoms with E-state index in [1.807, 2.05) is 6.92 Å². The van der Waals surface area contributed by atoms with Crippen molar-refractivity contribution in [2.75, 3.05) is 0 Å². The van der Waals surface area contributed by atoms with Crippen molar-refractivity contribution in [1.29, 1.82) is 0 Å². The fourth-order valence-corrected chi connectivity index (χ4v) is 1.48. The molecule has 1 unspecified atom stereocenters. The molecule has 1 amide bonds. The van der Waals surface area contributed by atoms with Crippen molar-refractivity contribution < 1.29 is 14.3 Å². The molecular formula is C12H19N3O3. The molecule has 0 bridgehead atoms. The molecule has 1 rings (SSSR count). The normalized spacial score (nSPS) is 12.9. The van der Waals surface area contributed by atoms with Gasteiger partial charge in [0.2, 0.25) is 0 Å². The molecule has 6 heteroatoms. The Morgan fingerprint density at radius 2 is 2.28 bits per heavy atom. The number of aldehydes is 1. The second kappa shape index (κ2) is 5.66. The highest BCUT2D eigenvalue weighted by atomic mass is 16.6. The highest BCUT2D eigenvalue weighted by molar-refractivity contribution is 5.74. The van der Waals surface area contributed by atoms with Gasteiger partial charge in [0.25, 0.3) is 0 Å². The van der Waals surface area contributed by atoms with Gasteiger partial charge in [-0.25, -0.2) is 4.79 Å². The van der Waals surface area contributed by atoms with Crippen molar-refractivity contribution in [1.82, 2.24) is 15.1 Å². The van der Waals surface area contributed by atoms with E-state index in [2.05, 4.69) is 10.4 Å². The Morgan fingerprint density at radius 3 is 2.78 bits per heavy atom. The molecule has 0 saturated heterocycles. The number of amides is 1. The molecule has 0 radical (unpaired) electrons. The largest absolute Gasteiger partial charge is 0.444 e. The number of aryl methyl sites for hydroxylation is 1. The maximum atomic E-state index is 11.6. The Balaban J connectivity index is 2.74. The number of carbonyl (C=O) groups excluding carboxylic acids is 2. The van der Waals surface area contributed by atoms with Crippen LogP contribution in [-0.2, 0) is 16.1 Å². The summed E-state index contributed by atoms with van der Waals surface area (Å²) in [5, 5.41) is 6.56. The Labute approximate surface area is 106 Å². The number of hydrogen-bond acceptors (Lipinski definition) is 4. The summed E-state index contributed by atoms with van der Waals surface area (Å²) in [4.78, 5) is 22.7. The van der Waals surface area contributed by atoms with Crippen molar-refractivity contribution >= 4 is 12.4 Å². The molecule has 0 aliphatic heterocycles. The van der Waals surface area contributed by atoms with E-state index in [-0.39, 0.29) is 0 Å². The maximum Gasteiger partial charge on any atom is 0.408 e. The van der Waals surface area contributed by atoms with Crippen LogP contribution in [0.2, 0.25) is 0 Å². The molecule has 1 N–H and O–H groups in total. The third-order valence-electron chi connectivity index (χ3n) is 2.18. The quantitative estimate of drug-likeness (QED) is 0.828. The molecule has 1 aromatic rings. The van der Waals surface area contributed by atoms with Crippen molar-refractivity contribution in [3.63, 3.8) is 0 Å². The number of alkyl carbamates (subject to hydrolysis) is 1. The molecule has 0 saturated carbocycles. The second-order valence-corrected chi connectivity index (χ2v) is 4.83. The standard InChI is InChI=1S/C12H19N3O3/c1-5-15-10(6-7-13-15)9(8-16)14-11(17)18-12(2,3)4/h6-9H,5H2,1-4H3,(H,14,17). The first kappa shape index (κ1) is 14.2. The average Bonchev–Trinajstić information content (AvgIpc) is 2.71. The van der Waals surface area contributed by atoms with Gasteiger partial charge >= 0.3 is 6.09 Å². The summed E-state index contributed by atoms with van der Waals surface area (Å²) < 4.78 is 6.75. The summed E-state index contributed by atoms with van der Waals surface area (Å²) in [6, 6.07) is 0.947. The van der Waals surface area contributed by atoms with E-state index in [0.29, 0.717) is 18.5 Å². The van der Waals surface area contributed by atoms with Crippen molar-refractivity contribution in [3.8, 4) is 0 Å². The van der Waals surface area contributed by atoms with E-state index in [1.54, 1.807) is 37.7 Å². The topological polar surface area (TPSA) is 73.2 Å². The van der Waals surface area contributed by atoms with Gasteiger partial charge in [-0.2, -0.15) is 5.10 Å². The lowest BCUT2D eigenvalue weighted by molar-refractivity contribution is -0.109. The third-order valence-corrected chi connectivity index (χ3v) is 2.18. The maximum absolute atomic E-state index is 11.6. The second-order valence-electron chi connectivity index (χ2n) is 4.83. The molecule has 1 heterocycles. The van der Waals surface area contributed by atoms with E-state index in [9.17, 15) is 9.59 Å². The molecule has 0 aliphatic carbocycles. The molecule has 0 spiro atoms. The van der Waals surface area contributed by atoms with Crippen molar-refractivity contribution in [3.05, 3.63) is 18.0 Å². The highest BCUT2D eigenvalue weighted by Gasteiger charge is 2.21. The zero-order chi connectivity index (χ0) is 13.8. The van der Waals surface area contributed by atoms with E-state index < -0.39 is 17.7 Å². The zero-order valence-electron chi connectivity index (χ0n) is 11.1. The van der Waals surface area contributed by atoms with E-state index in [0.717, 1.165) is 0 Å². The molecule has 6 nitrogen and oxygen atoms in total. The predicted octanol–water partition coefficient (Wildman–Crippen LogP) is 1.67. The zero-order valence-corrected chi connectivity index (χ0v) is 11.1. The number of rotatable bonds is 4. The minimum atomic E-state index is -0.748. The number of ether oxygens (including phenoxy) is 1. The summed E-state index contributed by atoms with van der Waals surface area (Å²) in [6.07, 6.45) is 1.63. The molecule has 1 aromatic heterocycles. The fraction of sp³-hybridized carbons (Fsp3) is 0.583. The SMILES string of the molecule is CCn1nccc1C(C=O)NC(=O)OC(C)(C)C. The summed E-state index contributed by atoms with van der Waals surface area (Å²) in [6.45, 7) is 7.82. The molecule has 0 aliphatic rings. The molecule has 0 aromatic carbocycles. The first-order valence-electron chi connectivity index (χ1n) is 5.84.